The van der Waals surface area contributed by atoms with Gasteiger partial charge in [0, 0.05) is 22.6 Å². The largest absolute Gasteiger partial charge is 0.423 e. The van der Waals surface area contributed by atoms with Crippen LogP contribution in [0.1, 0.15) is 22.3 Å². The first-order valence-corrected chi connectivity index (χ1v) is 8.30. The van der Waals surface area contributed by atoms with E-state index in [2.05, 4.69) is 5.10 Å². The van der Waals surface area contributed by atoms with Crippen LogP contribution in [0.15, 0.2) is 33.5 Å². The summed E-state index contributed by atoms with van der Waals surface area (Å²) in [5.74, 6) is -0.219. The summed E-state index contributed by atoms with van der Waals surface area (Å²) in [7, 11) is 0. The Balaban J connectivity index is 2.34. The molecule has 3 heterocycles. The highest BCUT2D eigenvalue weighted by Crippen LogP contribution is 2.38. The highest BCUT2D eigenvalue weighted by Gasteiger charge is 2.26. The third-order valence-corrected chi connectivity index (χ3v) is 4.64. The van der Waals surface area contributed by atoms with Crippen molar-refractivity contribution in [3.8, 4) is 29.3 Å². The molecule has 9 nitrogen and oxygen atoms in total. The van der Waals surface area contributed by atoms with Crippen LogP contribution in [0.3, 0.4) is 0 Å². The first kappa shape index (κ1) is 17.6. The zero-order chi connectivity index (χ0) is 20.9. The van der Waals surface area contributed by atoms with Crippen LogP contribution >= 0.6 is 0 Å². The minimum atomic E-state index is -0.656. The molecule has 29 heavy (non-hydrogen) atoms. The maximum atomic E-state index is 12.2. The van der Waals surface area contributed by atoms with Crippen LogP contribution in [0.25, 0.3) is 27.6 Å². The molecule has 3 aromatic heterocycles. The third kappa shape index (κ3) is 2.38. The Bertz CT molecular complexity index is 1540. The van der Waals surface area contributed by atoms with Crippen molar-refractivity contribution in [2.45, 2.75) is 6.92 Å². The van der Waals surface area contributed by atoms with Gasteiger partial charge in [-0.3, -0.25) is 0 Å². The Morgan fingerprint density at radius 1 is 1.03 bits per heavy atom. The molecule has 0 fully saturated rings. The Morgan fingerprint density at radius 3 is 2.38 bits per heavy atom. The van der Waals surface area contributed by atoms with E-state index in [1.165, 1.54) is 6.07 Å². The van der Waals surface area contributed by atoms with Crippen molar-refractivity contribution in [2.75, 3.05) is 11.5 Å². The number of aryl methyl sites for hydroxylation is 1. The Kier molecular flexibility index (Phi) is 3.71. The number of nitriles is 3. The molecule has 0 aliphatic heterocycles. The molecule has 0 atom stereocenters. The van der Waals surface area contributed by atoms with E-state index in [-0.39, 0.29) is 45.0 Å². The molecule has 1 aromatic carbocycles. The number of nitrogens with two attached hydrogens (primary N) is 2. The molecular weight excluding hydrogens is 370 g/mol. The second kappa shape index (κ2) is 6.12. The van der Waals surface area contributed by atoms with Crippen LogP contribution in [0, 0.1) is 40.9 Å². The first-order chi connectivity index (χ1) is 13.9. The molecule has 9 heteroatoms. The van der Waals surface area contributed by atoms with Gasteiger partial charge in [0.25, 0.3) is 0 Å². The van der Waals surface area contributed by atoms with E-state index < -0.39 is 5.63 Å². The molecule has 0 bridgehead atoms. The predicted octanol–water partition coefficient (Wildman–Crippen LogP) is 2.20. The van der Waals surface area contributed by atoms with Gasteiger partial charge in [0.2, 0.25) is 0 Å². The van der Waals surface area contributed by atoms with Gasteiger partial charge in [-0.1, -0.05) is 11.6 Å². The van der Waals surface area contributed by atoms with Gasteiger partial charge >= 0.3 is 5.63 Å². The summed E-state index contributed by atoms with van der Waals surface area (Å²) in [4.78, 5) is 12.2. The van der Waals surface area contributed by atoms with Crippen molar-refractivity contribution in [1.29, 1.82) is 15.8 Å². The van der Waals surface area contributed by atoms with Crippen LogP contribution in [0.2, 0.25) is 0 Å². The maximum Gasteiger partial charge on any atom is 0.336 e. The minimum Gasteiger partial charge on any atom is -0.423 e. The summed E-state index contributed by atoms with van der Waals surface area (Å²) < 4.78 is 6.35. The number of nitrogens with zero attached hydrogens (tertiary/aromatic N) is 5. The molecule has 0 amide bonds. The van der Waals surface area contributed by atoms with E-state index >= 15 is 0 Å². The fourth-order valence-electron chi connectivity index (χ4n) is 3.40. The quantitative estimate of drug-likeness (QED) is 0.472. The molecule has 0 radical (unpaired) electrons. The van der Waals surface area contributed by atoms with Crippen LogP contribution < -0.4 is 17.1 Å². The lowest BCUT2D eigenvalue weighted by atomic mass is 9.92. The van der Waals surface area contributed by atoms with Crippen LogP contribution in [-0.2, 0) is 0 Å². The van der Waals surface area contributed by atoms with Gasteiger partial charge in [0.1, 0.15) is 46.3 Å². The number of benzene rings is 1. The average Bonchev–Trinajstić information content (AvgIpc) is 3.04. The summed E-state index contributed by atoms with van der Waals surface area (Å²) in [6.07, 6.45) is 0. The minimum absolute atomic E-state index is 0.0371. The number of aromatic nitrogens is 2. The monoisotopic (exact) mass is 381 g/mol. The molecule has 4 rings (SSSR count). The Morgan fingerprint density at radius 2 is 1.72 bits per heavy atom. The lowest BCUT2D eigenvalue weighted by Gasteiger charge is -2.13. The first-order valence-electron chi connectivity index (χ1n) is 8.30. The molecule has 138 valence electrons. The van der Waals surface area contributed by atoms with Crippen LogP contribution in [0.5, 0.6) is 0 Å². The lowest BCUT2D eigenvalue weighted by Crippen LogP contribution is -2.08. The zero-order valence-corrected chi connectivity index (χ0v) is 15.0. The number of hydrogen-bond donors (Lipinski definition) is 2. The van der Waals surface area contributed by atoms with E-state index in [9.17, 15) is 20.6 Å². The van der Waals surface area contributed by atoms with E-state index in [1.54, 1.807) is 18.2 Å². The van der Waals surface area contributed by atoms with Crippen LogP contribution in [-0.4, -0.2) is 9.61 Å². The van der Waals surface area contributed by atoms with Gasteiger partial charge in [-0.15, -0.1) is 5.10 Å². The fourth-order valence-corrected chi connectivity index (χ4v) is 3.40. The number of nitrogen functional groups attached to an aromatic ring is 2. The topological polar surface area (TPSA) is 171 Å². The molecule has 0 aliphatic carbocycles. The summed E-state index contributed by atoms with van der Waals surface area (Å²) in [6.45, 7) is 1.85. The molecule has 0 saturated heterocycles. The average molecular weight is 381 g/mol. The number of rotatable bonds is 1. The smallest absolute Gasteiger partial charge is 0.336 e. The lowest BCUT2D eigenvalue weighted by molar-refractivity contribution is 0.561. The van der Waals surface area contributed by atoms with Crippen molar-refractivity contribution in [3.05, 3.63) is 56.9 Å². The fraction of sp³-hybridized carbons (Fsp3) is 0.0500. The predicted molar refractivity (Wildman–Crippen MR) is 104 cm³/mol. The molecular formula is C20H11N7O2. The summed E-state index contributed by atoms with van der Waals surface area (Å²) in [5.41, 5.74) is 12.8. The van der Waals surface area contributed by atoms with Crippen molar-refractivity contribution < 1.29 is 4.42 Å². The molecule has 0 aliphatic rings. The molecule has 4 N–H and O–H groups in total. The van der Waals surface area contributed by atoms with Crippen LogP contribution in [0.4, 0.5) is 11.6 Å². The SMILES string of the molecule is Cc1ccc2oc(=O)cc(-c3c(C#N)c(N)n4nc(N)c(C#N)c4c3C#N)c2c1. The summed E-state index contributed by atoms with van der Waals surface area (Å²) in [6, 6.07) is 12.3. The second-order valence-electron chi connectivity index (χ2n) is 6.35. The van der Waals surface area contributed by atoms with Crippen molar-refractivity contribution in [3.63, 3.8) is 0 Å². The number of hydrogen-bond acceptors (Lipinski definition) is 8. The van der Waals surface area contributed by atoms with Gasteiger partial charge in [0.15, 0.2) is 5.82 Å². The summed E-state index contributed by atoms with van der Waals surface area (Å²) in [5, 5.41) is 33.7. The molecule has 0 saturated carbocycles. The van der Waals surface area contributed by atoms with Gasteiger partial charge in [0.05, 0.1) is 5.56 Å². The Hall–Kier alpha value is -4.81. The van der Waals surface area contributed by atoms with E-state index in [4.69, 9.17) is 15.9 Å². The molecule has 0 unspecified atom stereocenters. The normalized spacial score (nSPS) is 10.6. The highest BCUT2D eigenvalue weighted by atomic mass is 16.4. The van der Waals surface area contributed by atoms with E-state index in [1.807, 2.05) is 25.1 Å². The zero-order valence-electron chi connectivity index (χ0n) is 15.0. The highest BCUT2D eigenvalue weighted by molar-refractivity contribution is 6.00. The van der Waals surface area contributed by atoms with E-state index in [0.29, 0.717) is 10.9 Å². The third-order valence-electron chi connectivity index (χ3n) is 4.64. The number of pyridine rings is 1. The Labute approximate surface area is 163 Å². The number of fused-ring (bicyclic) bond motifs is 2. The van der Waals surface area contributed by atoms with Crippen molar-refractivity contribution >= 4 is 28.1 Å². The van der Waals surface area contributed by atoms with Crippen molar-refractivity contribution in [2.24, 2.45) is 0 Å². The van der Waals surface area contributed by atoms with Crippen molar-refractivity contribution in [1.82, 2.24) is 9.61 Å². The van der Waals surface area contributed by atoms with E-state index in [0.717, 1.165) is 10.1 Å². The number of anilines is 2. The van der Waals surface area contributed by atoms with Gasteiger partial charge in [-0.25, -0.2) is 9.31 Å². The molecule has 4 aromatic rings. The standard InChI is InChI=1S/C20H11N7O2/c1-9-2-3-15-10(4-9)11(5-16(28)29-15)17-12(6-21)18-14(8-23)19(24)26-27(18)20(25)13(17)7-22/h2-5H,25H2,1H3,(H2,24,26). The van der Waals surface area contributed by atoms with Gasteiger partial charge < -0.3 is 15.9 Å². The second-order valence-corrected chi connectivity index (χ2v) is 6.35. The summed E-state index contributed by atoms with van der Waals surface area (Å²) >= 11 is 0. The van der Waals surface area contributed by atoms with Gasteiger partial charge in [-0.05, 0) is 19.1 Å². The molecule has 0 spiro atoms. The maximum absolute atomic E-state index is 12.2. The van der Waals surface area contributed by atoms with Gasteiger partial charge in [-0.2, -0.15) is 15.8 Å².